The second-order valence-electron chi connectivity index (χ2n) is 4.88. The molecule has 0 spiro atoms. The number of fused-ring (bicyclic) bond motifs is 2. The molecule has 0 radical (unpaired) electrons. The Morgan fingerprint density at radius 1 is 1.61 bits per heavy atom. The van der Waals surface area contributed by atoms with E-state index in [4.69, 9.17) is 0 Å². The third-order valence-electron chi connectivity index (χ3n) is 3.45. The van der Waals surface area contributed by atoms with E-state index >= 15 is 0 Å². The van der Waals surface area contributed by atoms with Gasteiger partial charge >= 0.3 is 0 Å². The number of hydrogen-bond donors (Lipinski definition) is 1. The zero-order chi connectivity index (χ0) is 12.5. The van der Waals surface area contributed by atoms with Gasteiger partial charge in [-0.3, -0.25) is 0 Å². The fourth-order valence-corrected chi connectivity index (χ4v) is 2.53. The van der Waals surface area contributed by atoms with Crippen LogP contribution in [0.3, 0.4) is 0 Å². The summed E-state index contributed by atoms with van der Waals surface area (Å²) in [5, 5.41) is 7.61. The smallest absolute Gasteiger partial charge is 0.254 e. The minimum atomic E-state index is 0.675. The molecule has 2 heterocycles. The third-order valence-corrected chi connectivity index (χ3v) is 3.45. The first-order valence-electron chi connectivity index (χ1n) is 6.36. The Kier molecular flexibility index (Phi) is 2.74. The van der Waals surface area contributed by atoms with E-state index < -0.39 is 0 Å². The molecule has 1 aliphatic rings. The highest BCUT2D eigenvalue weighted by molar-refractivity contribution is 5.54. The number of anilines is 1. The molecule has 0 saturated heterocycles. The molecule has 2 aromatic rings. The lowest BCUT2D eigenvalue weighted by molar-refractivity contribution is 0.491. The van der Waals surface area contributed by atoms with Crippen LogP contribution in [0.15, 0.2) is 19.0 Å². The second-order valence-corrected chi connectivity index (χ2v) is 4.88. The van der Waals surface area contributed by atoms with Crippen molar-refractivity contribution in [3.8, 4) is 0 Å². The first-order valence-corrected chi connectivity index (χ1v) is 6.36. The van der Waals surface area contributed by atoms with Crippen molar-refractivity contribution >= 4 is 11.6 Å². The van der Waals surface area contributed by atoms with Gasteiger partial charge in [-0.15, -0.1) is 6.58 Å². The number of aromatic nitrogens is 4. The van der Waals surface area contributed by atoms with Crippen LogP contribution in [0.4, 0.5) is 5.82 Å². The van der Waals surface area contributed by atoms with Crippen molar-refractivity contribution in [2.45, 2.75) is 26.2 Å². The summed E-state index contributed by atoms with van der Waals surface area (Å²) in [6, 6.07) is 0. The molecule has 1 N–H and O–H groups in total. The Morgan fingerprint density at radius 2 is 2.50 bits per heavy atom. The first kappa shape index (κ1) is 11.2. The molecule has 0 bridgehead atoms. The van der Waals surface area contributed by atoms with E-state index in [0.717, 1.165) is 25.2 Å². The van der Waals surface area contributed by atoms with Crippen LogP contribution in [0, 0.1) is 5.92 Å². The van der Waals surface area contributed by atoms with Crippen molar-refractivity contribution in [1.82, 2.24) is 19.6 Å². The normalized spacial score (nSPS) is 18.6. The minimum Gasteiger partial charge on any atom is -0.366 e. The number of nitrogens with one attached hydrogen (secondary N) is 1. The van der Waals surface area contributed by atoms with Crippen molar-refractivity contribution in [2.24, 2.45) is 5.92 Å². The fraction of sp³-hybridized carbons (Fsp3) is 0.462. The van der Waals surface area contributed by atoms with Crippen LogP contribution in [-0.2, 0) is 12.8 Å². The van der Waals surface area contributed by atoms with Crippen LogP contribution in [0.25, 0.3) is 5.78 Å². The largest absolute Gasteiger partial charge is 0.366 e. The van der Waals surface area contributed by atoms with E-state index in [0.29, 0.717) is 11.7 Å². The maximum absolute atomic E-state index is 4.62. The lowest BCUT2D eigenvalue weighted by Gasteiger charge is -2.23. The summed E-state index contributed by atoms with van der Waals surface area (Å²) >= 11 is 0. The number of rotatable bonds is 3. The molecule has 1 atom stereocenters. The van der Waals surface area contributed by atoms with E-state index in [2.05, 4.69) is 33.9 Å². The van der Waals surface area contributed by atoms with Gasteiger partial charge in [-0.2, -0.15) is 14.6 Å². The summed E-state index contributed by atoms with van der Waals surface area (Å²) in [6.45, 7) is 6.74. The van der Waals surface area contributed by atoms with Crippen molar-refractivity contribution < 1.29 is 0 Å². The van der Waals surface area contributed by atoms with E-state index in [1.54, 1.807) is 10.8 Å². The third kappa shape index (κ3) is 1.75. The predicted molar refractivity (Wildman–Crippen MR) is 70.7 cm³/mol. The van der Waals surface area contributed by atoms with E-state index in [1.807, 2.05) is 6.08 Å². The molecule has 18 heavy (non-hydrogen) atoms. The van der Waals surface area contributed by atoms with Crippen molar-refractivity contribution in [1.29, 1.82) is 0 Å². The summed E-state index contributed by atoms with van der Waals surface area (Å²) in [6.07, 6.45) is 6.69. The Bertz CT molecular complexity index is 586. The summed E-state index contributed by atoms with van der Waals surface area (Å²) in [5.74, 6) is 2.40. The summed E-state index contributed by atoms with van der Waals surface area (Å²) in [7, 11) is 0. The Labute approximate surface area is 106 Å². The van der Waals surface area contributed by atoms with Crippen LogP contribution in [0.1, 0.15) is 24.6 Å². The molecule has 2 aromatic heterocycles. The average Bonchev–Trinajstić information content (AvgIpc) is 2.82. The quantitative estimate of drug-likeness (QED) is 0.836. The lowest BCUT2D eigenvalue weighted by atomic mass is 9.88. The van der Waals surface area contributed by atoms with Gasteiger partial charge in [0.1, 0.15) is 12.1 Å². The van der Waals surface area contributed by atoms with Crippen molar-refractivity contribution in [3.05, 3.63) is 30.2 Å². The minimum absolute atomic E-state index is 0.675. The van der Waals surface area contributed by atoms with Gasteiger partial charge in [0.05, 0.1) is 5.69 Å². The molecular formula is C13H17N5. The summed E-state index contributed by atoms with van der Waals surface area (Å²) < 4.78 is 1.79. The highest BCUT2D eigenvalue weighted by Gasteiger charge is 2.22. The number of hydrogen-bond acceptors (Lipinski definition) is 4. The molecule has 0 fully saturated rings. The van der Waals surface area contributed by atoms with Crippen LogP contribution >= 0.6 is 0 Å². The summed E-state index contributed by atoms with van der Waals surface area (Å²) in [4.78, 5) is 8.81. The SMILES string of the molecule is C=CCNc1c2c(nc3ncnn13)C[C@@H](C)CC2. The lowest BCUT2D eigenvalue weighted by Crippen LogP contribution is -2.19. The highest BCUT2D eigenvalue weighted by atomic mass is 15.4. The van der Waals surface area contributed by atoms with Crippen LogP contribution in [0.5, 0.6) is 0 Å². The van der Waals surface area contributed by atoms with Crippen LogP contribution < -0.4 is 5.32 Å². The van der Waals surface area contributed by atoms with Crippen molar-refractivity contribution in [2.75, 3.05) is 11.9 Å². The van der Waals surface area contributed by atoms with Gasteiger partial charge in [-0.25, -0.2) is 4.98 Å². The van der Waals surface area contributed by atoms with Gasteiger partial charge in [0.15, 0.2) is 0 Å². The Morgan fingerprint density at radius 3 is 3.33 bits per heavy atom. The standard InChI is InChI=1S/C13H17N5/c1-3-6-14-12-10-5-4-9(2)7-11(10)17-13-15-8-16-18(12)13/h3,8-9,14H,1,4-7H2,2H3/t9-/m0/s1. The second kappa shape index (κ2) is 4.40. The first-order chi connectivity index (χ1) is 8.79. The zero-order valence-corrected chi connectivity index (χ0v) is 10.6. The Balaban J connectivity index is 2.15. The van der Waals surface area contributed by atoms with E-state index in [-0.39, 0.29) is 0 Å². The summed E-state index contributed by atoms with van der Waals surface area (Å²) in [5.41, 5.74) is 2.45. The molecule has 94 valence electrons. The highest BCUT2D eigenvalue weighted by Crippen LogP contribution is 2.29. The van der Waals surface area contributed by atoms with Gasteiger partial charge in [0.25, 0.3) is 5.78 Å². The maximum Gasteiger partial charge on any atom is 0.254 e. The van der Waals surface area contributed by atoms with Gasteiger partial charge in [-0.05, 0) is 25.2 Å². The van der Waals surface area contributed by atoms with Gasteiger partial charge in [-0.1, -0.05) is 13.0 Å². The topological polar surface area (TPSA) is 55.1 Å². The molecule has 5 nitrogen and oxygen atoms in total. The van der Waals surface area contributed by atoms with Crippen molar-refractivity contribution in [3.63, 3.8) is 0 Å². The fourth-order valence-electron chi connectivity index (χ4n) is 2.53. The molecule has 0 aromatic carbocycles. The predicted octanol–water partition coefficient (Wildman–Crippen LogP) is 1.85. The van der Waals surface area contributed by atoms with Crippen LogP contribution in [-0.4, -0.2) is 26.1 Å². The monoisotopic (exact) mass is 243 g/mol. The molecule has 0 saturated carbocycles. The maximum atomic E-state index is 4.62. The molecule has 0 unspecified atom stereocenters. The van der Waals surface area contributed by atoms with Crippen LogP contribution in [0.2, 0.25) is 0 Å². The average molecular weight is 243 g/mol. The molecule has 0 aliphatic heterocycles. The van der Waals surface area contributed by atoms with Gasteiger partial charge in [0, 0.05) is 12.1 Å². The molecular weight excluding hydrogens is 226 g/mol. The van der Waals surface area contributed by atoms with E-state index in [1.165, 1.54) is 17.7 Å². The van der Waals surface area contributed by atoms with Gasteiger partial charge < -0.3 is 5.32 Å². The molecule has 5 heteroatoms. The molecule has 1 aliphatic carbocycles. The molecule has 3 rings (SSSR count). The Hall–Kier alpha value is -1.91. The van der Waals surface area contributed by atoms with Gasteiger partial charge in [0.2, 0.25) is 0 Å². The zero-order valence-electron chi connectivity index (χ0n) is 10.6. The van der Waals surface area contributed by atoms with E-state index in [9.17, 15) is 0 Å². The number of nitrogens with zero attached hydrogens (tertiary/aromatic N) is 4. The molecule has 0 amide bonds.